The molecule has 1 aliphatic carbocycles. The van der Waals surface area contributed by atoms with Crippen LogP contribution in [0.1, 0.15) is 24.3 Å². The van der Waals surface area contributed by atoms with E-state index < -0.39 is 0 Å². The van der Waals surface area contributed by atoms with Gasteiger partial charge in [0.2, 0.25) is 0 Å². The Hall–Kier alpha value is -0.820. The molecular weight excluding hydrogens is 184 g/mol. The molecule has 1 unspecified atom stereocenters. The van der Waals surface area contributed by atoms with Crippen LogP contribution in [0.15, 0.2) is 24.3 Å². The van der Waals surface area contributed by atoms with Crippen molar-refractivity contribution in [2.24, 2.45) is 5.92 Å². The van der Waals surface area contributed by atoms with E-state index in [4.69, 9.17) is 11.6 Å². The molecule has 0 radical (unpaired) electrons. The molecule has 1 fully saturated rings. The molecule has 0 bridgehead atoms. The molecule has 0 amide bonds. The molecule has 1 aromatic carbocycles. The predicted octanol–water partition coefficient (Wildman–Crippen LogP) is 3.03. The van der Waals surface area contributed by atoms with Gasteiger partial charge in [0.25, 0.3) is 0 Å². The molecule has 1 saturated carbocycles. The van der Waals surface area contributed by atoms with Crippen molar-refractivity contribution in [2.75, 3.05) is 0 Å². The number of benzene rings is 1. The summed E-state index contributed by atoms with van der Waals surface area (Å²) >= 11 is 6.01. The minimum absolute atomic E-state index is 0.0219. The summed E-state index contributed by atoms with van der Waals surface area (Å²) < 4.78 is 0. The van der Waals surface area contributed by atoms with Gasteiger partial charge in [0.1, 0.15) is 6.29 Å². The highest BCUT2D eigenvalue weighted by atomic mass is 35.5. The third kappa shape index (κ3) is 1.75. The van der Waals surface area contributed by atoms with Crippen molar-refractivity contribution < 1.29 is 4.79 Å². The maximum atomic E-state index is 10.9. The fourth-order valence-electron chi connectivity index (χ4n) is 1.64. The normalized spacial score (nSPS) is 18.2. The average molecular weight is 195 g/mol. The third-order valence-electron chi connectivity index (χ3n) is 2.54. The average Bonchev–Trinajstić information content (AvgIpc) is 2.93. The number of rotatable bonds is 3. The number of halogens is 1. The van der Waals surface area contributed by atoms with Crippen molar-refractivity contribution in [1.29, 1.82) is 0 Å². The zero-order valence-electron chi connectivity index (χ0n) is 7.24. The summed E-state index contributed by atoms with van der Waals surface area (Å²) in [6, 6.07) is 7.61. The molecule has 0 heterocycles. The van der Waals surface area contributed by atoms with Crippen molar-refractivity contribution in [3.8, 4) is 0 Å². The van der Waals surface area contributed by atoms with Gasteiger partial charge in [0.05, 0.1) is 0 Å². The van der Waals surface area contributed by atoms with Crippen LogP contribution < -0.4 is 0 Å². The van der Waals surface area contributed by atoms with E-state index >= 15 is 0 Å². The first kappa shape index (κ1) is 8.76. The Kier molecular flexibility index (Phi) is 2.36. The molecule has 68 valence electrons. The van der Waals surface area contributed by atoms with Crippen LogP contribution in [0.25, 0.3) is 0 Å². The molecule has 2 heteroatoms. The standard InChI is InChI=1S/C11H11ClO/c12-11-4-2-1-3-9(11)10(7-13)8-5-6-8/h1-4,7-8,10H,5-6H2. The molecule has 1 aromatic rings. The Morgan fingerprint density at radius 3 is 2.62 bits per heavy atom. The van der Waals surface area contributed by atoms with Crippen LogP contribution in [-0.2, 0) is 4.79 Å². The fourth-order valence-corrected chi connectivity index (χ4v) is 1.90. The van der Waals surface area contributed by atoms with Crippen LogP contribution in [0.3, 0.4) is 0 Å². The van der Waals surface area contributed by atoms with Gasteiger partial charge in [-0.05, 0) is 30.4 Å². The molecule has 0 spiro atoms. The van der Waals surface area contributed by atoms with E-state index in [1.54, 1.807) is 0 Å². The molecule has 0 N–H and O–H groups in total. The Balaban J connectivity index is 2.31. The lowest BCUT2D eigenvalue weighted by molar-refractivity contribution is -0.109. The highest BCUT2D eigenvalue weighted by molar-refractivity contribution is 6.31. The fraction of sp³-hybridized carbons (Fsp3) is 0.364. The quantitative estimate of drug-likeness (QED) is 0.676. The van der Waals surface area contributed by atoms with Crippen molar-refractivity contribution in [1.82, 2.24) is 0 Å². The third-order valence-corrected chi connectivity index (χ3v) is 2.89. The molecule has 1 aliphatic rings. The lowest BCUT2D eigenvalue weighted by atomic mass is 9.96. The zero-order valence-corrected chi connectivity index (χ0v) is 8.00. The van der Waals surface area contributed by atoms with Crippen LogP contribution in [0.2, 0.25) is 5.02 Å². The minimum Gasteiger partial charge on any atom is -0.303 e. The van der Waals surface area contributed by atoms with E-state index in [9.17, 15) is 4.79 Å². The second kappa shape index (κ2) is 3.51. The summed E-state index contributed by atoms with van der Waals surface area (Å²) in [6.45, 7) is 0. The van der Waals surface area contributed by atoms with Crippen LogP contribution >= 0.6 is 11.6 Å². The molecule has 0 aliphatic heterocycles. The molecule has 1 nitrogen and oxygen atoms in total. The summed E-state index contributed by atoms with van der Waals surface area (Å²) in [5.74, 6) is 0.561. The van der Waals surface area contributed by atoms with Crippen LogP contribution in [0.4, 0.5) is 0 Å². The maximum Gasteiger partial charge on any atom is 0.127 e. The van der Waals surface area contributed by atoms with E-state index in [0.29, 0.717) is 10.9 Å². The highest BCUT2D eigenvalue weighted by Crippen LogP contribution is 2.43. The van der Waals surface area contributed by atoms with Crippen molar-refractivity contribution in [3.05, 3.63) is 34.9 Å². The highest BCUT2D eigenvalue weighted by Gasteiger charge is 2.32. The van der Waals surface area contributed by atoms with Gasteiger partial charge in [-0.25, -0.2) is 0 Å². The molecule has 13 heavy (non-hydrogen) atoms. The Morgan fingerprint density at radius 2 is 2.08 bits per heavy atom. The van der Waals surface area contributed by atoms with E-state index in [1.807, 2.05) is 24.3 Å². The molecule has 0 aromatic heterocycles. The first-order valence-corrected chi connectivity index (χ1v) is 4.90. The number of carbonyl (C=O) groups is 1. The van der Waals surface area contributed by atoms with E-state index in [2.05, 4.69) is 0 Å². The molecule has 2 rings (SSSR count). The Labute approximate surface area is 82.7 Å². The minimum atomic E-state index is 0.0219. The van der Waals surface area contributed by atoms with Gasteiger partial charge in [-0.3, -0.25) is 0 Å². The summed E-state index contributed by atoms with van der Waals surface area (Å²) in [5, 5.41) is 0.714. The summed E-state index contributed by atoms with van der Waals surface area (Å²) in [6.07, 6.45) is 3.35. The Bertz CT molecular complexity index is 318. The predicted molar refractivity (Wildman–Crippen MR) is 53.0 cm³/mol. The second-order valence-electron chi connectivity index (χ2n) is 3.52. The van der Waals surface area contributed by atoms with Gasteiger partial charge in [-0.1, -0.05) is 29.8 Å². The van der Waals surface area contributed by atoms with Gasteiger partial charge < -0.3 is 4.79 Å². The van der Waals surface area contributed by atoms with E-state index in [-0.39, 0.29) is 5.92 Å². The van der Waals surface area contributed by atoms with Gasteiger partial charge in [0.15, 0.2) is 0 Å². The van der Waals surface area contributed by atoms with Crippen LogP contribution in [-0.4, -0.2) is 6.29 Å². The summed E-state index contributed by atoms with van der Waals surface area (Å²) in [5.41, 5.74) is 0.988. The number of hydrogen-bond acceptors (Lipinski definition) is 1. The van der Waals surface area contributed by atoms with Crippen molar-refractivity contribution >= 4 is 17.9 Å². The van der Waals surface area contributed by atoms with Gasteiger partial charge in [0, 0.05) is 10.9 Å². The first-order chi connectivity index (χ1) is 6.33. The molecule has 0 saturated heterocycles. The van der Waals surface area contributed by atoms with Gasteiger partial charge >= 0.3 is 0 Å². The lowest BCUT2D eigenvalue weighted by Crippen LogP contribution is -2.02. The SMILES string of the molecule is O=CC(c1ccccc1Cl)C1CC1. The Morgan fingerprint density at radius 1 is 1.38 bits per heavy atom. The van der Waals surface area contributed by atoms with Crippen LogP contribution in [0.5, 0.6) is 0 Å². The first-order valence-electron chi connectivity index (χ1n) is 4.52. The number of aldehydes is 1. The zero-order chi connectivity index (χ0) is 9.26. The lowest BCUT2D eigenvalue weighted by Gasteiger charge is -2.10. The largest absolute Gasteiger partial charge is 0.303 e. The van der Waals surface area contributed by atoms with E-state index in [0.717, 1.165) is 24.7 Å². The molecular formula is C11H11ClO. The molecule has 1 atom stereocenters. The smallest absolute Gasteiger partial charge is 0.127 e. The van der Waals surface area contributed by atoms with Crippen molar-refractivity contribution in [3.63, 3.8) is 0 Å². The summed E-state index contributed by atoms with van der Waals surface area (Å²) in [4.78, 5) is 10.9. The maximum absolute atomic E-state index is 10.9. The van der Waals surface area contributed by atoms with Gasteiger partial charge in [-0.2, -0.15) is 0 Å². The van der Waals surface area contributed by atoms with Crippen LogP contribution in [0, 0.1) is 5.92 Å². The van der Waals surface area contributed by atoms with E-state index in [1.165, 1.54) is 0 Å². The number of carbonyl (C=O) groups excluding carboxylic acids is 1. The van der Waals surface area contributed by atoms with Gasteiger partial charge in [-0.15, -0.1) is 0 Å². The van der Waals surface area contributed by atoms with Crippen molar-refractivity contribution in [2.45, 2.75) is 18.8 Å². The topological polar surface area (TPSA) is 17.1 Å². The summed E-state index contributed by atoms with van der Waals surface area (Å²) in [7, 11) is 0. The monoisotopic (exact) mass is 194 g/mol. The second-order valence-corrected chi connectivity index (χ2v) is 3.93. The number of hydrogen-bond donors (Lipinski definition) is 0.